The number of carbonyl (C=O) groups is 1. The Morgan fingerprint density at radius 1 is 0.917 bits per heavy atom. The first kappa shape index (κ1) is 23.1. The molecule has 2 heterocycles. The number of para-hydroxylation sites is 1. The van der Waals surface area contributed by atoms with E-state index in [0.717, 1.165) is 11.1 Å². The van der Waals surface area contributed by atoms with Gasteiger partial charge >= 0.3 is 0 Å². The van der Waals surface area contributed by atoms with Crippen LogP contribution >= 0.6 is 0 Å². The van der Waals surface area contributed by atoms with Crippen molar-refractivity contribution >= 4 is 28.2 Å². The third-order valence-electron chi connectivity index (χ3n) is 5.89. The first-order chi connectivity index (χ1) is 17.6. The molecule has 1 aliphatic rings. The average molecular weight is 488 g/mol. The Balaban J connectivity index is 1.49. The van der Waals surface area contributed by atoms with Gasteiger partial charge in [-0.15, -0.1) is 0 Å². The van der Waals surface area contributed by atoms with E-state index in [0.29, 0.717) is 39.8 Å². The van der Waals surface area contributed by atoms with E-state index in [9.17, 15) is 9.59 Å². The van der Waals surface area contributed by atoms with Crippen LogP contribution in [-0.2, 0) is 17.9 Å². The number of nitrogens with one attached hydrogen (secondary N) is 2. The maximum absolute atomic E-state index is 13.5. The van der Waals surface area contributed by atoms with Crippen molar-refractivity contribution in [1.29, 1.82) is 0 Å². The van der Waals surface area contributed by atoms with Crippen LogP contribution in [0.2, 0.25) is 0 Å². The second-order valence-electron chi connectivity index (χ2n) is 8.16. The van der Waals surface area contributed by atoms with Crippen molar-refractivity contribution in [2.75, 3.05) is 31.6 Å². The number of hydrogen-bond acceptors (Lipinski definition) is 7. The molecule has 0 saturated heterocycles. The van der Waals surface area contributed by atoms with Crippen LogP contribution in [0.3, 0.4) is 0 Å². The van der Waals surface area contributed by atoms with Crippen molar-refractivity contribution in [3.8, 4) is 23.0 Å². The summed E-state index contributed by atoms with van der Waals surface area (Å²) in [4.78, 5) is 26.6. The van der Waals surface area contributed by atoms with Gasteiger partial charge in [-0.3, -0.25) is 14.2 Å². The SMILES string of the molecule is COc1cc2cc(CNc3ccccc3)c(=O)n(CC(=O)Nc3ccc4c(c3)OCO4)c2cc1OC. The Bertz CT molecular complexity index is 1480. The lowest BCUT2D eigenvalue weighted by atomic mass is 10.1. The predicted octanol–water partition coefficient (Wildman–Crippen LogP) is 4.00. The summed E-state index contributed by atoms with van der Waals surface area (Å²) in [6, 6.07) is 20.1. The van der Waals surface area contributed by atoms with Crippen molar-refractivity contribution in [3.63, 3.8) is 0 Å². The molecule has 1 aromatic heterocycles. The highest BCUT2D eigenvalue weighted by Gasteiger charge is 2.18. The lowest BCUT2D eigenvalue weighted by molar-refractivity contribution is -0.116. The van der Waals surface area contributed by atoms with E-state index in [-0.39, 0.29) is 31.3 Å². The highest BCUT2D eigenvalue weighted by molar-refractivity contribution is 5.92. The molecule has 4 aromatic rings. The number of amides is 1. The molecule has 2 N–H and O–H groups in total. The topological polar surface area (TPSA) is 100 Å². The van der Waals surface area contributed by atoms with Gasteiger partial charge < -0.3 is 29.6 Å². The van der Waals surface area contributed by atoms with E-state index in [1.165, 1.54) is 11.7 Å². The number of pyridine rings is 1. The zero-order valence-electron chi connectivity index (χ0n) is 19.9. The zero-order valence-corrected chi connectivity index (χ0v) is 19.9. The molecular formula is C27H25N3O6. The van der Waals surface area contributed by atoms with Crippen LogP contribution in [0.5, 0.6) is 23.0 Å². The van der Waals surface area contributed by atoms with Crippen molar-refractivity contribution in [2.24, 2.45) is 0 Å². The first-order valence-electron chi connectivity index (χ1n) is 11.3. The molecule has 36 heavy (non-hydrogen) atoms. The predicted molar refractivity (Wildman–Crippen MR) is 136 cm³/mol. The third-order valence-corrected chi connectivity index (χ3v) is 5.89. The maximum atomic E-state index is 13.5. The number of rotatable bonds is 8. The summed E-state index contributed by atoms with van der Waals surface area (Å²) >= 11 is 0. The number of carbonyl (C=O) groups excluding carboxylic acids is 1. The molecule has 0 spiro atoms. The van der Waals surface area contributed by atoms with E-state index in [4.69, 9.17) is 18.9 Å². The van der Waals surface area contributed by atoms with Crippen LogP contribution in [0.1, 0.15) is 5.56 Å². The second kappa shape index (κ2) is 9.91. The molecular weight excluding hydrogens is 462 g/mol. The van der Waals surface area contributed by atoms with Crippen molar-refractivity contribution < 1.29 is 23.7 Å². The number of nitrogens with zero attached hydrogens (tertiary/aromatic N) is 1. The van der Waals surface area contributed by atoms with Gasteiger partial charge in [0.05, 0.1) is 19.7 Å². The highest BCUT2D eigenvalue weighted by atomic mass is 16.7. The maximum Gasteiger partial charge on any atom is 0.256 e. The van der Waals surface area contributed by atoms with Crippen LogP contribution in [0, 0.1) is 0 Å². The fraction of sp³-hybridized carbons (Fsp3) is 0.185. The summed E-state index contributed by atoms with van der Waals surface area (Å²) in [6.07, 6.45) is 0. The smallest absolute Gasteiger partial charge is 0.256 e. The molecule has 0 unspecified atom stereocenters. The fourth-order valence-corrected chi connectivity index (χ4v) is 4.12. The Labute approximate surface area is 207 Å². The van der Waals surface area contributed by atoms with Crippen LogP contribution in [0.15, 0.2) is 71.5 Å². The third kappa shape index (κ3) is 4.63. The largest absolute Gasteiger partial charge is 0.493 e. The zero-order chi connectivity index (χ0) is 25.1. The molecule has 0 saturated carbocycles. The number of aromatic nitrogens is 1. The van der Waals surface area contributed by atoms with Crippen molar-refractivity contribution in [3.05, 3.63) is 82.6 Å². The summed E-state index contributed by atoms with van der Waals surface area (Å²) in [5.41, 5.74) is 2.22. The molecule has 9 nitrogen and oxygen atoms in total. The number of ether oxygens (including phenoxy) is 4. The van der Waals surface area contributed by atoms with Gasteiger partial charge in [0.25, 0.3) is 5.56 Å². The van der Waals surface area contributed by atoms with E-state index in [2.05, 4.69) is 10.6 Å². The average Bonchev–Trinajstić information content (AvgIpc) is 3.37. The summed E-state index contributed by atoms with van der Waals surface area (Å²) in [5.74, 6) is 1.81. The summed E-state index contributed by atoms with van der Waals surface area (Å²) < 4.78 is 23.0. The van der Waals surface area contributed by atoms with Gasteiger partial charge in [-0.25, -0.2) is 0 Å². The molecule has 0 atom stereocenters. The monoisotopic (exact) mass is 487 g/mol. The lowest BCUT2D eigenvalue weighted by Gasteiger charge is -2.16. The standard InChI is InChI=1S/C27H25N3O6/c1-33-23-11-17-10-18(14-28-19-6-4-3-5-7-19)27(32)30(21(17)13-24(23)34-2)15-26(31)29-20-8-9-22-25(12-20)36-16-35-22/h3-13,28H,14-16H2,1-2H3,(H,29,31). The number of benzene rings is 3. The van der Waals surface area contributed by atoms with Gasteiger partial charge in [0.15, 0.2) is 23.0 Å². The molecule has 5 rings (SSSR count). The molecule has 0 bridgehead atoms. The van der Waals surface area contributed by atoms with Crippen molar-refractivity contribution in [2.45, 2.75) is 13.1 Å². The molecule has 9 heteroatoms. The van der Waals surface area contributed by atoms with Gasteiger partial charge in [-0.05, 0) is 36.4 Å². The molecule has 0 fully saturated rings. The van der Waals surface area contributed by atoms with Crippen LogP contribution < -0.4 is 35.1 Å². The van der Waals surface area contributed by atoms with Gasteiger partial charge in [0.1, 0.15) is 6.54 Å². The van der Waals surface area contributed by atoms with E-state index < -0.39 is 0 Å². The minimum atomic E-state index is -0.361. The van der Waals surface area contributed by atoms with Gasteiger partial charge in [0, 0.05) is 41.0 Å². The Hall–Kier alpha value is -4.66. The van der Waals surface area contributed by atoms with Gasteiger partial charge in [-0.2, -0.15) is 0 Å². The minimum Gasteiger partial charge on any atom is -0.493 e. The molecule has 184 valence electrons. The molecule has 3 aromatic carbocycles. The van der Waals surface area contributed by atoms with E-state index in [1.54, 1.807) is 37.4 Å². The van der Waals surface area contributed by atoms with Crippen LogP contribution in [0.4, 0.5) is 11.4 Å². The van der Waals surface area contributed by atoms with E-state index in [1.807, 2.05) is 36.4 Å². The first-order valence-corrected chi connectivity index (χ1v) is 11.3. The normalized spacial score (nSPS) is 11.8. The molecule has 1 amide bonds. The molecule has 0 radical (unpaired) electrons. The number of methoxy groups -OCH3 is 2. The second-order valence-corrected chi connectivity index (χ2v) is 8.16. The number of anilines is 2. The molecule has 0 aliphatic carbocycles. The fourth-order valence-electron chi connectivity index (χ4n) is 4.12. The van der Waals surface area contributed by atoms with Crippen molar-refractivity contribution in [1.82, 2.24) is 4.57 Å². The Morgan fingerprint density at radius 3 is 2.44 bits per heavy atom. The lowest BCUT2D eigenvalue weighted by Crippen LogP contribution is -2.30. The van der Waals surface area contributed by atoms with Gasteiger partial charge in [-0.1, -0.05) is 18.2 Å². The number of hydrogen-bond donors (Lipinski definition) is 2. The molecule has 1 aliphatic heterocycles. The quantitative estimate of drug-likeness (QED) is 0.388. The van der Waals surface area contributed by atoms with Crippen LogP contribution in [-0.4, -0.2) is 31.5 Å². The summed E-state index contributed by atoms with van der Waals surface area (Å²) in [5, 5.41) is 6.84. The highest BCUT2D eigenvalue weighted by Crippen LogP contribution is 2.34. The summed E-state index contributed by atoms with van der Waals surface area (Å²) in [6.45, 7) is 0.235. The van der Waals surface area contributed by atoms with Crippen LogP contribution in [0.25, 0.3) is 10.9 Å². The summed E-state index contributed by atoms with van der Waals surface area (Å²) in [7, 11) is 3.08. The Kier molecular flexibility index (Phi) is 6.36. The Morgan fingerprint density at radius 2 is 1.67 bits per heavy atom. The van der Waals surface area contributed by atoms with E-state index >= 15 is 0 Å². The van der Waals surface area contributed by atoms with Gasteiger partial charge in [0.2, 0.25) is 12.7 Å². The number of fused-ring (bicyclic) bond motifs is 2. The minimum absolute atomic E-state index is 0.142.